The number of nitrogens with two attached hydrogens (primary N) is 1. The molecule has 0 atom stereocenters. The minimum Gasteiger partial charge on any atom is -0.493 e. The molecule has 116 valence electrons. The lowest BCUT2D eigenvalue weighted by atomic mass is 9.85. The molecule has 0 heterocycles. The van der Waals surface area contributed by atoms with Gasteiger partial charge in [0.25, 0.3) is 0 Å². The van der Waals surface area contributed by atoms with Crippen LogP contribution in [0.25, 0.3) is 0 Å². The lowest BCUT2D eigenvalue weighted by Crippen LogP contribution is -2.36. The SMILES string of the molecule is COc1ccc(CNC2CCC(C(N)=O)CC2)cc1OC. The van der Waals surface area contributed by atoms with Gasteiger partial charge < -0.3 is 20.5 Å². The van der Waals surface area contributed by atoms with Crippen molar-refractivity contribution in [3.63, 3.8) is 0 Å². The minimum absolute atomic E-state index is 0.0594. The van der Waals surface area contributed by atoms with E-state index in [0.717, 1.165) is 49.3 Å². The number of amides is 1. The topological polar surface area (TPSA) is 73.6 Å². The molecule has 1 fully saturated rings. The van der Waals surface area contributed by atoms with Crippen molar-refractivity contribution in [1.82, 2.24) is 5.32 Å². The molecule has 0 aliphatic heterocycles. The van der Waals surface area contributed by atoms with Crippen LogP contribution in [0.15, 0.2) is 18.2 Å². The van der Waals surface area contributed by atoms with Crippen molar-refractivity contribution in [1.29, 1.82) is 0 Å². The first-order valence-corrected chi connectivity index (χ1v) is 7.37. The molecule has 1 aromatic rings. The molecule has 2 rings (SSSR count). The number of ether oxygens (including phenoxy) is 2. The molecule has 0 saturated heterocycles. The summed E-state index contributed by atoms with van der Waals surface area (Å²) in [7, 11) is 3.27. The summed E-state index contributed by atoms with van der Waals surface area (Å²) in [5, 5.41) is 3.54. The first-order valence-electron chi connectivity index (χ1n) is 7.37. The predicted octanol–water partition coefficient (Wildman–Crippen LogP) is 1.84. The number of methoxy groups -OCH3 is 2. The van der Waals surface area contributed by atoms with Crippen molar-refractivity contribution in [3.8, 4) is 11.5 Å². The Bertz CT molecular complexity index is 482. The van der Waals surface area contributed by atoms with E-state index in [2.05, 4.69) is 5.32 Å². The van der Waals surface area contributed by atoms with Gasteiger partial charge in [-0.15, -0.1) is 0 Å². The van der Waals surface area contributed by atoms with Gasteiger partial charge in [0.05, 0.1) is 14.2 Å². The lowest BCUT2D eigenvalue weighted by Gasteiger charge is -2.27. The number of carbonyl (C=O) groups excluding carboxylic acids is 1. The molecule has 1 aliphatic rings. The monoisotopic (exact) mass is 292 g/mol. The van der Waals surface area contributed by atoms with Crippen LogP contribution in [0, 0.1) is 5.92 Å². The van der Waals surface area contributed by atoms with Gasteiger partial charge in [-0.2, -0.15) is 0 Å². The van der Waals surface area contributed by atoms with E-state index in [4.69, 9.17) is 15.2 Å². The van der Waals surface area contributed by atoms with Crippen molar-refractivity contribution in [2.24, 2.45) is 11.7 Å². The van der Waals surface area contributed by atoms with Crippen LogP contribution in [0.5, 0.6) is 11.5 Å². The van der Waals surface area contributed by atoms with Gasteiger partial charge in [-0.1, -0.05) is 6.07 Å². The summed E-state index contributed by atoms with van der Waals surface area (Å²) in [6.45, 7) is 0.784. The van der Waals surface area contributed by atoms with Gasteiger partial charge in [-0.25, -0.2) is 0 Å². The Balaban J connectivity index is 1.85. The number of hydrogen-bond donors (Lipinski definition) is 2. The van der Waals surface area contributed by atoms with Crippen LogP contribution in [0.4, 0.5) is 0 Å². The standard InChI is InChI=1S/C16H24N2O3/c1-20-14-8-3-11(9-15(14)21-2)10-18-13-6-4-12(5-7-13)16(17)19/h3,8-9,12-13,18H,4-7,10H2,1-2H3,(H2,17,19). The van der Waals surface area contributed by atoms with E-state index in [9.17, 15) is 4.79 Å². The van der Waals surface area contributed by atoms with E-state index >= 15 is 0 Å². The molecule has 1 saturated carbocycles. The van der Waals surface area contributed by atoms with E-state index < -0.39 is 0 Å². The van der Waals surface area contributed by atoms with Crippen molar-refractivity contribution >= 4 is 5.91 Å². The highest BCUT2D eigenvalue weighted by molar-refractivity contribution is 5.76. The summed E-state index contributed by atoms with van der Waals surface area (Å²) in [6, 6.07) is 6.39. The molecule has 0 aromatic heterocycles. The Morgan fingerprint density at radius 3 is 2.43 bits per heavy atom. The second kappa shape index (κ2) is 7.31. The zero-order valence-electron chi connectivity index (χ0n) is 12.7. The Morgan fingerprint density at radius 1 is 1.19 bits per heavy atom. The van der Waals surface area contributed by atoms with Crippen LogP contribution in [-0.2, 0) is 11.3 Å². The lowest BCUT2D eigenvalue weighted by molar-refractivity contribution is -0.122. The predicted molar refractivity (Wildman–Crippen MR) is 81.3 cm³/mol. The first-order chi connectivity index (χ1) is 10.1. The third kappa shape index (κ3) is 4.11. The van der Waals surface area contributed by atoms with E-state index in [1.54, 1.807) is 14.2 Å². The van der Waals surface area contributed by atoms with Crippen LogP contribution in [0.2, 0.25) is 0 Å². The number of hydrogen-bond acceptors (Lipinski definition) is 4. The van der Waals surface area contributed by atoms with Crippen molar-refractivity contribution in [2.45, 2.75) is 38.3 Å². The van der Waals surface area contributed by atoms with Crippen LogP contribution in [0.1, 0.15) is 31.2 Å². The van der Waals surface area contributed by atoms with Crippen LogP contribution < -0.4 is 20.5 Å². The molecule has 5 nitrogen and oxygen atoms in total. The van der Waals surface area contributed by atoms with Gasteiger partial charge in [0.2, 0.25) is 5.91 Å². The quantitative estimate of drug-likeness (QED) is 0.839. The largest absolute Gasteiger partial charge is 0.493 e. The maximum Gasteiger partial charge on any atom is 0.220 e. The fourth-order valence-corrected chi connectivity index (χ4v) is 2.83. The highest BCUT2D eigenvalue weighted by Crippen LogP contribution is 2.28. The van der Waals surface area contributed by atoms with E-state index in [1.807, 2.05) is 18.2 Å². The van der Waals surface area contributed by atoms with Crippen LogP contribution in [0.3, 0.4) is 0 Å². The third-order valence-electron chi connectivity index (χ3n) is 4.17. The summed E-state index contributed by atoms with van der Waals surface area (Å²) in [5.74, 6) is 1.38. The molecule has 0 radical (unpaired) electrons. The fourth-order valence-electron chi connectivity index (χ4n) is 2.83. The summed E-state index contributed by atoms with van der Waals surface area (Å²) >= 11 is 0. The second-order valence-electron chi connectivity index (χ2n) is 5.52. The fraction of sp³-hybridized carbons (Fsp3) is 0.562. The molecule has 0 bridgehead atoms. The number of primary amides is 1. The zero-order valence-corrected chi connectivity index (χ0v) is 12.7. The highest BCUT2D eigenvalue weighted by Gasteiger charge is 2.24. The molecule has 5 heteroatoms. The Labute approximate surface area is 125 Å². The van der Waals surface area contributed by atoms with E-state index in [-0.39, 0.29) is 11.8 Å². The molecule has 1 amide bonds. The number of carbonyl (C=O) groups is 1. The van der Waals surface area contributed by atoms with Gasteiger partial charge in [-0.05, 0) is 43.4 Å². The van der Waals surface area contributed by atoms with Crippen LogP contribution >= 0.6 is 0 Å². The number of rotatable bonds is 6. The second-order valence-corrected chi connectivity index (χ2v) is 5.52. The Hall–Kier alpha value is -1.75. The van der Waals surface area contributed by atoms with Gasteiger partial charge in [0.15, 0.2) is 11.5 Å². The van der Waals surface area contributed by atoms with Gasteiger partial charge in [0, 0.05) is 18.5 Å². The smallest absolute Gasteiger partial charge is 0.220 e. The number of nitrogens with one attached hydrogen (secondary N) is 1. The van der Waals surface area contributed by atoms with E-state index in [0.29, 0.717) is 6.04 Å². The molecule has 1 aliphatic carbocycles. The maximum absolute atomic E-state index is 11.1. The Morgan fingerprint density at radius 2 is 1.86 bits per heavy atom. The summed E-state index contributed by atoms with van der Waals surface area (Å²) in [4.78, 5) is 11.1. The summed E-state index contributed by atoms with van der Waals surface area (Å²) in [5.41, 5.74) is 6.51. The summed E-state index contributed by atoms with van der Waals surface area (Å²) in [6.07, 6.45) is 3.78. The van der Waals surface area contributed by atoms with Gasteiger partial charge >= 0.3 is 0 Å². The molecule has 0 spiro atoms. The third-order valence-corrected chi connectivity index (χ3v) is 4.17. The van der Waals surface area contributed by atoms with E-state index in [1.165, 1.54) is 0 Å². The Kier molecular flexibility index (Phi) is 5.44. The average Bonchev–Trinajstić information content (AvgIpc) is 2.52. The molecule has 0 unspecified atom stereocenters. The molecule has 21 heavy (non-hydrogen) atoms. The minimum atomic E-state index is -0.159. The highest BCUT2D eigenvalue weighted by atomic mass is 16.5. The van der Waals surface area contributed by atoms with Crippen molar-refractivity contribution in [2.75, 3.05) is 14.2 Å². The molecular formula is C16H24N2O3. The van der Waals surface area contributed by atoms with Crippen LogP contribution in [-0.4, -0.2) is 26.2 Å². The maximum atomic E-state index is 11.1. The van der Waals surface area contributed by atoms with Gasteiger partial charge in [-0.3, -0.25) is 4.79 Å². The zero-order chi connectivity index (χ0) is 15.2. The average molecular weight is 292 g/mol. The summed E-state index contributed by atoms with van der Waals surface area (Å²) < 4.78 is 10.5. The first kappa shape index (κ1) is 15.6. The van der Waals surface area contributed by atoms with Crippen molar-refractivity contribution in [3.05, 3.63) is 23.8 Å². The van der Waals surface area contributed by atoms with Crippen molar-refractivity contribution < 1.29 is 14.3 Å². The molecular weight excluding hydrogens is 268 g/mol. The number of benzene rings is 1. The molecule has 1 aromatic carbocycles. The van der Waals surface area contributed by atoms with Gasteiger partial charge in [0.1, 0.15) is 0 Å². The normalized spacial score (nSPS) is 21.8. The molecule has 3 N–H and O–H groups in total.